The lowest BCUT2D eigenvalue weighted by Crippen LogP contribution is -1.97. The highest BCUT2D eigenvalue weighted by Crippen LogP contribution is 2.28. The van der Waals surface area contributed by atoms with E-state index in [2.05, 4.69) is 5.10 Å². The summed E-state index contributed by atoms with van der Waals surface area (Å²) >= 11 is 0. The fraction of sp³-hybridized carbons (Fsp3) is 0.167. The number of aromatic nitrogens is 2. The van der Waals surface area contributed by atoms with E-state index in [1.807, 2.05) is 68.6 Å². The van der Waals surface area contributed by atoms with E-state index in [9.17, 15) is 0 Å². The average molecular weight is 293 g/mol. The smallest absolute Gasteiger partial charge is 0.124 e. The van der Waals surface area contributed by atoms with Crippen molar-refractivity contribution in [3.63, 3.8) is 0 Å². The van der Waals surface area contributed by atoms with Gasteiger partial charge in [-0.2, -0.15) is 5.10 Å². The van der Waals surface area contributed by atoms with Gasteiger partial charge in [0.2, 0.25) is 0 Å². The van der Waals surface area contributed by atoms with Crippen LogP contribution in [0.3, 0.4) is 0 Å². The molecule has 0 radical (unpaired) electrons. The molecule has 2 aromatic carbocycles. The van der Waals surface area contributed by atoms with Gasteiger partial charge in [-0.15, -0.1) is 0 Å². The first kappa shape index (κ1) is 14.2. The van der Waals surface area contributed by atoms with Gasteiger partial charge in [0.25, 0.3) is 0 Å². The second-order valence-electron chi connectivity index (χ2n) is 5.28. The molecule has 2 N–H and O–H groups in total. The molecule has 3 aromatic rings. The molecule has 4 nitrogen and oxygen atoms in total. The Morgan fingerprint density at radius 1 is 1.09 bits per heavy atom. The van der Waals surface area contributed by atoms with Crippen LogP contribution in [0.25, 0.3) is 11.3 Å². The Morgan fingerprint density at radius 3 is 2.55 bits per heavy atom. The van der Waals surface area contributed by atoms with Crippen molar-refractivity contribution in [1.29, 1.82) is 0 Å². The quantitative estimate of drug-likeness (QED) is 0.800. The summed E-state index contributed by atoms with van der Waals surface area (Å²) in [6.45, 7) is 2.53. The Bertz CT molecular complexity index is 778. The topological polar surface area (TPSA) is 53.1 Å². The monoisotopic (exact) mass is 293 g/mol. The predicted octanol–water partition coefficient (Wildman–Crippen LogP) is 3.56. The van der Waals surface area contributed by atoms with Crippen LogP contribution >= 0.6 is 0 Å². The second kappa shape index (κ2) is 5.93. The Morgan fingerprint density at radius 2 is 1.86 bits per heavy atom. The zero-order valence-electron chi connectivity index (χ0n) is 12.8. The standard InChI is InChI=1S/C18H19N3O/c1-13-17(20-21(2)18(13)19)15-9-6-10-16(11-15)22-12-14-7-4-3-5-8-14/h3-11H,12,19H2,1-2H3. The maximum Gasteiger partial charge on any atom is 0.124 e. The lowest BCUT2D eigenvalue weighted by atomic mass is 10.1. The van der Waals surface area contributed by atoms with Crippen molar-refractivity contribution in [3.05, 3.63) is 65.7 Å². The molecule has 22 heavy (non-hydrogen) atoms. The van der Waals surface area contributed by atoms with Crippen LogP contribution in [0, 0.1) is 6.92 Å². The number of hydrogen-bond donors (Lipinski definition) is 1. The molecule has 112 valence electrons. The number of rotatable bonds is 4. The fourth-order valence-electron chi connectivity index (χ4n) is 2.39. The van der Waals surface area contributed by atoms with E-state index in [-0.39, 0.29) is 0 Å². The summed E-state index contributed by atoms with van der Waals surface area (Å²) in [5.41, 5.74) is 10.0. The van der Waals surface area contributed by atoms with E-state index < -0.39 is 0 Å². The second-order valence-corrected chi connectivity index (χ2v) is 5.28. The van der Waals surface area contributed by atoms with Crippen LogP contribution in [-0.2, 0) is 13.7 Å². The third-order valence-corrected chi connectivity index (χ3v) is 3.69. The van der Waals surface area contributed by atoms with E-state index >= 15 is 0 Å². The maximum atomic E-state index is 5.98. The Labute approximate surface area is 130 Å². The van der Waals surface area contributed by atoms with Crippen molar-refractivity contribution >= 4 is 5.82 Å². The first-order valence-electron chi connectivity index (χ1n) is 7.21. The predicted molar refractivity (Wildman–Crippen MR) is 88.6 cm³/mol. The summed E-state index contributed by atoms with van der Waals surface area (Å²) in [7, 11) is 1.85. The number of nitrogens with two attached hydrogens (primary N) is 1. The Hall–Kier alpha value is -2.75. The number of nitrogens with zero attached hydrogens (tertiary/aromatic N) is 2. The molecule has 0 aliphatic rings. The van der Waals surface area contributed by atoms with Crippen LogP contribution in [0.2, 0.25) is 0 Å². The van der Waals surface area contributed by atoms with Gasteiger partial charge in [-0.05, 0) is 24.6 Å². The van der Waals surface area contributed by atoms with Crippen molar-refractivity contribution < 1.29 is 4.74 Å². The van der Waals surface area contributed by atoms with E-state index in [4.69, 9.17) is 10.5 Å². The van der Waals surface area contributed by atoms with Crippen LogP contribution in [-0.4, -0.2) is 9.78 Å². The molecule has 4 heteroatoms. The van der Waals surface area contributed by atoms with Crippen molar-refractivity contribution in [3.8, 4) is 17.0 Å². The SMILES string of the molecule is Cc1c(-c2cccc(OCc3ccccc3)c2)nn(C)c1N. The number of hydrogen-bond acceptors (Lipinski definition) is 3. The molecule has 1 heterocycles. The summed E-state index contributed by atoms with van der Waals surface area (Å²) in [4.78, 5) is 0. The molecule has 0 saturated heterocycles. The Kier molecular flexibility index (Phi) is 3.83. The molecular formula is C18H19N3O. The summed E-state index contributed by atoms with van der Waals surface area (Å²) in [5.74, 6) is 1.51. The van der Waals surface area contributed by atoms with Gasteiger partial charge >= 0.3 is 0 Å². The fourth-order valence-corrected chi connectivity index (χ4v) is 2.39. The molecule has 0 fully saturated rings. The van der Waals surface area contributed by atoms with Gasteiger partial charge in [-0.3, -0.25) is 4.68 Å². The Balaban J connectivity index is 1.82. The van der Waals surface area contributed by atoms with Crippen molar-refractivity contribution in [2.24, 2.45) is 7.05 Å². The molecule has 0 unspecified atom stereocenters. The summed E-state index contributed by atoms with van der Waals surface area (Å²) in [5, 5.41) is 4.48. The first-order valence-corrected chi connectivity index (χ1v) is 7.21. The highest BCUT2D eigenvalue weighted by Gasteiger charge is 2.12. The summed E-state index contributed by atoms with van der Waals surface area (Å²) in [6, 6.07) is 18.1. The van der Waals surface area contributed by atoms with Gasteiger partial charge in [-0.1, -0.05) is 42.5 Å². The zero-order valence-corrected chi connectivity index (χ0v) is 12.8. The van der Waals surface area contributed by atoms with Gasteiger partial charge in [0, 0.05) is 18.2 Å². The van der Waals surface area contributed by atoms with Crippen LogP contribution < -0.4 is 10.5 Å². The molecule has 0 saturated carbocycles. The van der Waals surface area contributed by atoms with Gasteiger partial charge in [0.15, 0.2) is 0 Å². The van der Waals surface area contributed by atoms with E-state index in [0.717, 1.165) is 28.1 Å². The normalized spacial score (nSPS) is 10.6. The number of aryl methyl sites for hydroxylation is 1. The van der Waals surface area contributed by atoms with E-state index in [1.165, 1.54) is 0 Å². The van der Waals surface area contributed by atoms with Crippen LogP contribution in [0.5, 0.6) is 5.75 Å². The minimum atomic E-state index is 0.549. The molecule has 0 spiro atoms. The number of anilines is 1. The lowest BCUT2D eigenvalue weighted by Gasteiger charge is -2.07. The molecular weight excluding hydrogens is 274 g/mol. The van der Waals surface area contributed by atoms with Crippen LogP contribution in [0.4, 0.5) is 5.82 Å². The largest absolute Gasteiger partial charge is 0.489 e. The molecule has 0 aliphatic heterocycles. The van der Waals surface area contributed by atoms with Gasteiger partial charge in [0.1, 0.15) is 18.2 Å². The number of benzene rings is 2. The van der Waals surface area contributed by atoms with Gasteiger partial charge in [0.05, 0.1) is 5.69 Å². The van der Waals surface area contributed by atoms with Crippen molar-refractivity contribution in [2.45, 2.75) is 13.5 Å². The molecule has 0 atom stereocenters. The minimum Gasteiger partial charge on any atom is -0.489 e. The van der Waals surface area contributed by atoms with E-state index in [1.54, 1.807) is 4.68 Å². The van der Waals surface area contributed by atoms with Crippen molar-refractivity contribution in [2.75, 3.05) is 5.73 Å². The molecule has 1 aromatic heterocycles. The highest BCUT2D eigenvalue weighted by atomic mass is 16.5. The van der Waals surface area contributed by atoms with Crippen LogP contribution in [0.1, 0.15) is 11.1 Å². The molecule has 0 aliphatic carbocycles. The van der Waals surface area contributed by atoms with Gasteiger partial charge < -0.3 is 10.5 Å². The maximum absolute atomic E-state index is 5.98. The van der Waals surface area contributed by atoms with E-state index in [0.29, 0.717) is 12.4 Å². The third kappa shape index (κ3) is 2.81. The molecule has 0 amide bonds. The number of nitrogen functional groups attached to an aromatic ring is 1. The zero-order chi connectivity index (χ0) is 15.5. The molecule has 3 rings (SSSR count). The number of ether oxygens (including phenoxy) is 1. The first-order chi connectivity index (χ1) is 10.6. The third-order valence-electron chi connectivity index (χ3n) is 3.69. The highest BCUT2D eigenvalue weighted by molar-refractivity contribution is 5.69. The van der Waals surface area contributed by atoms with Gasteiger partial charge in [-0.25, -0.2) is 0 Å². The molecule has 0 bridgehead atoms. The minimum absolute atomic E-state index is 0.549. The van der Waals surface area contributed by atoms with Crippen molar-refractivity contribution in [1.82, 2.24) is 9.78 Å². The van der Waals surface area contributed by atoms with Crippen LogP contribution in [0.15, 0.2) is 54.6 Å². The summed E-state index contributed by atoms with van der Waals surface area (Å²) in [6.07, 6.45) is 0. The summed E-state index contributed by atoms with van der Waals surface area (Å²) < 4.78 is 7.56. The average Bonchev–Trinajstić information content (AvgIpc) is 2.82. The lowest BCUT2D eigenvalue weighted by molar-refractivity contribution is 0.306.